The molecule has 0 radical (unpaired) electrons. The molecule has 1 unspecified atom stereocenters. The summed E-state index contributed by atoms with van der Waals surface area (Å²) >= 11 is 0. The van der Waals surface area contributed by atoms with Gasteiger partial charge < -0.3 is 9.42 Å². The standard InChI is InChI=1S/C18H23N5O2/c24-18(14-5-1-2-6-14)23-9-3-4-13(12-23)10-16-21-17(22-25-16)15-11-19-7-8-20-15/h7-8,11,13-14H,1-6,9-10,12H2. The minimum atomic E-state index is 0.255. The quantitative estimate of drug-likeness (QED) is 0.849. The van der Waals surface area contributed by atoms with Crippen LogP contribution in [0.5, 0.6) is 0 Å². The van der Waals surface area contributed by atoms with Crippen molar-refractivity contribution in [3.8, 4) is 11.5 Å². The van der Waals surface area contributed by atoms with Gasteiger partial charge in [0.25, 0.3) is 0 Å². The van der Waals surface area contributed by atoms with Gasteiger partial charge in [0.05, 0.1) is 6.20 Å². The molecule has 0 aromatic carbocycles. The fourth-order valence-electron chi connectivity index (χ4n) is 3.97. The van der Waals surface area contributed by atoms with Crippen molar-refractivity contribution in [3.05, 3.63) is 24.5 Å². The average molecular weight is 341 g/mol. The maximum absolute atomic E-state index is 12.6. The molecule has 2 aromatic heterocycles. The Morgan fingerprint density at radius 1 is 1.20 bits per heavy atom. The second-order valence-electron chi connectivity index (χ2n) is 7.08. The number of likely N-dealkylation sites (tertiary alicyclic amines) is 1. The maximum Gasteiger partial charge on any atom is 0.227 e. The zero-order valence-electron chi connectivity index (χ0n) is 14.3. The van der Waals surface area contributed by atoms with Gasteiger partial charge in [-0.15, -0.1) is 0 Å². The average Bonchev–Trinajstić information content (AvgIpc) is 3.34. The highest BCUT2D eigenvalue weighted by Gasteiger charge is 2.31. The Balaban J connectivity index is 1.37. The van der Waals surface area contributed by atoms with Gasteiger partial charge in [0.15, 0.2) is 0 Å². The number of hydrogen-bond donors (Lipinski definition) is 0. The molecule has 1 amide bonds. The molecule has 2 aromatic rings. The maximum atomic E-state index is 12.6. The topological polar surface area (TPSA) is 85.0 Å². The Hall–Kier alpha value is -2.31. The van der Waals surface area contributed by atoms with Crippen molar-refractivity contribution < 1.29 is 9.32 Å². The second-order valence-corrected chi connectivity index (χ2v) is 7.08. The van der Waals surface area contributed by atoms with Crippen molar-refractivity contribution in [1.29, 1.82) is 0 Å². The lowest BCUT2D eigenvalue weighted by Gasteiger charge is -2.33. The van der Waals surface area contributed by atoms with Gasteiger partial charge in [-0.3, -0.25) is 9.78 Å². The van der Waals surface area contributed by atoms with Crippen molar-refractivity contribution in [2.45, 2.75) is 44.9 Å². The summed E-state index contributed by atoms with van der Waals surface area (Å²) in [4.78, 5) is 27.4. The fraction of sp³-hybridized carbons (Fsp3) is 0.611. The van der Waals surface area contributed by atoms with Crippen molar-refractivity contribution in [1.82, 2.24) is 25.0 Å². The molecule has 1 atom stereocenters. The minimum Gasteiger partial charge on any atom is -0.342 e. The summed E-state index contributed by atoms with van der Waals surface area (Å²) in [5.74, 6) is 2.08. The van der Waals surface area contributed by atoms with E-state index in [2.05, 4.69) is 25.0 Å². The second kappa shape index (κ2) is 7.29. The number of hydrogen-bond acceptors (Lipinski definition) is 6. The van der Waals surface area contributed by atoms with Gasteiger partial charge in [0.1, 0.15) is 5.69 Å². The Morgan fingerprint density at radius 3 is 2.88 bits per heavy atom. The summed E-state index contributed by atoms with van der Waals surface area (Å²) in [5.41, 5.74) is 0.610. The van der Waals surface area contributed by atoms with Crippen LogP contribution in [0.15, 0.2) is 23.1 Å². The van der Waals surface area contributed by atoms with Gasteiger partial charge in [-0.2, -0.15) is 4.98 Å². The van der Waals surface area contributed by atoms with Crippen LogP contribution in [0.2, 0.25) is 0 Å². The van der Waals surface area contributed by atoms with Crippen LogP contribution in [-0.4, -0.2) is 44.0 Å². The molecule has 0 spiro atoms. The van der Waals surface area contributed by atoms with Crippen molar-refractivity contribution >= 4 is 5.91 Å². The van der Waals surface area contributed by atoms with Crippen molar-refractivity contribution in [2.24, 2.45) is 11.8 Å². The lowest BCUT2D eigenvalue weighted by atomic mass is 9.93. The van der Waals surface area contributed by atoms with Crippen LogP contribution in [0.3, 0.4) is 0 Å². The molecule has 3 heterocycles. The summed E-state index contributed by atoms with van der Waals surface area (Å²) in [5, 5.41) is 4.00. The van der Waals surface area contributed by atoms with E-state index in [1.807, 2.05) is 0 Å². The third-order valence-corrected chi connectivity index (χ3v) is 5.26. The van der Waals surface area contributed by atoms with Gasteiger partial charge in [0.2, 0.25) is 17.6 Å². The van der Waals surface area contributed by atoms with E-state index in [1.165, 1.54) is 12.8 Å². The van der Waals surface area contributed by atoms with E-state index in [-0.39, 0.29) is 5.92 Å². The van der Waals surface area contributed by atoms with E-state index in [0.717, 1.165) is 38.8 Å². The smallest absolute Gasteiger partial charge is 0.227 e. The zero-order valence-corrected chi connectivity index (χ0v) is 14.3. The first-order chi connectivity index (χ1) is 12.3. The van der Waals surface area contributed by atoms with E-state index >= 15 is 0 Å². The molecule has 25 heavy (non-hydrogen) atoms. The zero-order chi connectivity index (χ0) is 17.1. The number of amides is 1. The molecule has 2 fully saturated rings. The third kappa shape index (κ3) is 3.70. The third-order valence-electron chi connectivity index (χ3n) is 5.26. The molecule has 1 saturated heterocycles. The number of rotatable bonds is 4. The van der Waals surface area contributed by atoms with E-state index in [1.54, 1.807) is 18.6 Å². The molecular weight excluding hydrogens is 318 g/mol. The van der Waals surface area contributed by atoms with E-state index in [9.17, 15) is 4.79 Å². The Bertz CT molecular complexity index is 711. The molecule has 7 nitrogen and oxygen atoms in total. The lowest BCUT2D eigenvalue weighted by molar-refractivity contribution is -0.137. The Morgan fingerprint density at radius 2 is 2.08 bits per heavy atom. The van der Waals surface area contributed by atoms with Gasteiger partial charge in [-0.05, 0) is 31.6 Å². The van der Waals surface area contributed by atoms with E-state index < -0.39 is 0 Å². The van der Waals surface area contributed by atoms with Crippen LogP contribution < -0.4 is 0 Å². The normalized spacial score (nSPS) is 21.6. The summed E-state index contributed by atoms with van der Waals surface area (Å²) in [7, 11) is 0. The van der Waals surface area contributed by atoms with Crippen molar-refractivity contribution in [2.75, 3.05) is 13.1 Å². The lowest BCUT2D eigenvalue weighted by Crippen LogP contribution is -2.43. The van der Waals surface area contributed by atoms with Crippen LogP contribution in [0.1, 0.15) is 44.4 Å². The molecule has 132 valence electrons. The van der Waals surface area contributed by atoms with E-state index in [0.29, 0.717) is 35.7 Å². The van der Waals surface area contributed by atoms with Crippen LogP contribution in [-0.2, 0) is 11.2 Å². The molecule has 1 aliphatic heterocycles. The van der Waals surface area contributed by atoms with Gasteiger partial charge in [-0.1, -0.05) is 18.0 Å². The molecule has 7 heteroatoms. The van der Waals surface area contributed by atoms with E-state index in [4.69, 9.17) is 4.52 Å². The predicted octanol–water partition coefficient (Wildman–Crippen LogP) is 2.50. The fourth-order valence-corrected chi connectivity index (χ4v) is 3.97. The highest BCUT2D eigenvalue weighted by molar-refractivity contribution is 5.79. The SMILES string of the molecule is O=C(C1CCCC1)N1CCCC(Cc2nc(-c3cnccn3)no2)C1. The molecule has 0 bridgehead atoms. The molecule has 0 N–H and O–H groups in total. The van der Waals surface area contributed by atoms with Gasteiger partial charge >= 0.3 is 0 Å². The minimum absolute atomic E-state index is 0.255. The number of carbonyl (C=O) groups excluding carboxylic acids is 1. The summed E-state index contributed by atoms with van der Waals surface area (Å²) in [6.07, 6.45) is 12.2. The number of aromatic nitrogens is 4. The van der Waals surface area contributed by atoms with Crippen LogP contribution in [0.25, 0.3) is 11.5 Å². The van der Waals surface area contributed by atoms with Crippen LogP contribution in [0.4, 0.5) is 0 Å². The molecule has 2 aliphatic rings. The van der Waals surface area contributed by atoms with Crippen LogP contribution >= 0.6 is 0 Å². The highest BCUT2D eigenvalue weighted by atomic mass is 16.5. The van der Waals surface area contributed by atoms with Crippen LogP contribution in [0, 0.1) is 11.8 Å². The first-order valence-electron chi connectivity index (χ1n) is 9.17. The Kier molecular flexibility index (Phi) is 4.72. The van der Waals surface area contributed by atoms with Crippen molar-refractivity contribution in [3.63, 3.8) is 0 Å². The highest BCUT2D eigenvalue weighted by Crippen LogP contribution is 2.29. The summed E-state index contributed by atoms with van der Waals surface area (Å²) < 4.78 is 5.38. The van der Waals surface area contributed by atoms with Gasteiger partial charge in [-0.25, -0.2) is 4.98 Å². The first kappa shape index (κ1) is 16.2. The number of nitrogens with zero attached hydrogens (tertiary/aromatic N) is 5. The molecule has 1 saturated carbocycles. The number of carbonyl (C=O) groups is 1. The Labute approximate surface area is 146 Å². The van der Waals surface area contributed by atoms with Gasteiger partial charge in [0, 0.05) is 37.8 Å². The summed E-state index contributed by atoms with van der Waals surface area (Å²) in [6, 6.07) is 0. The molecule has 4 rings (SSSR count). The molecule has 1 aliphatic carbocycles. The predicted molar refractivity (Wildman–Crippen MR) is 90.3 cm³/mol. The summed E-state index contributed by atoms with van der Waals surface area (Å²) in [6.45, 7) is 1.69. The number of piperidine rings is 1. The largest absolute Gasteiger partial charge is 0.342 e. The first-order valence-corrected chi connectivity index (χ1v) is 9.17. The molecular formula is C18H23N5O2. The monoisotopic (exact) mass is 341 g/mol.